The molecule has 176 valence electrons. The molecule has 0 radical (unpaired) electrons. The first-order valence-corrected chi connectivity index (χ1v) is 10.4. The molecule has 1 atom stereocenters. The van der Waals surface area contributed by atoms with Gasteiger partial charge in [-0.15, -0.1) is 0 Å². The topological polar surface area (TPSA) is 80.2 Å². The number of nitrogens with zero attached hydrogens (tertiary/aromatic N) is 3. The molecule has 1 amide bonds. The monoisotopic (exact) mass is 494 g/mol. The zero-order valence-corrected chi connectivity index (χ0v) is 18.2. The molecule has 1 N–H and O–H groups in total. The number of hydrogen-bond donors (Lipinski definition) is 1. The number of amides is 1. The summed E-state index contributed by atoms with van der Waals surface area (Å²) in [5.41, 5.74) is 0.369. The normalized spacial score (nSPS) is 15.8. The molecule has 34 heavy (non-hydrogen) atoms. The molecule has 0 saturated carbocycles. The van der Waals surface area contributed by atoms with Gasteiger partial charge in [0.15, 0.2) is 16.8 Å². The molecule has 4 aromatic rings. The highest BCUT2D eigenvalue weighted by molar-refractivity contribution is 6.34. The maximum absolute atomic E-state index is 14.1. The van der Waals surface area contributed by atoms with Crippen molar-refractivity contribution in [3.05, 3.63) is 74.3 Å². The molecule has 0 spiro atoms. The summed E-state index contributed by atoms with van der Waals surface area (Å²) in [6.45, 7) is -2.86. The average Bonchev–Trinajstić information content (AvgIpc) is 3.15. The van der Waals surface area contributed by atoms with Gasteiger partial charge in [-0.2, -0.15) is 13.9 Å². The van der Waals surface area contributed by atoms with Crippen molar-refractivity contribution in [2.45, 2.75) is 19.2 Å². The Bertz CT molecular complexity index is 1530. The van der Waals surface area contributed by atoms with Gasteiger partial charge in [0.25, 0.3) is 11.5 Å². The number of fused-ring (bicyclic) bond motifs is 4. The number of carbonyl (C=O) groups is 1. The third-order valence-corrected chi connectivity index (χ3v) is 6.20. The van der Waals surface area contributed by atoms with Crippen LogP contribution in [-0.4, -0.2) is 39.2 Å². The average molecular weight is 495 g/mol. The zero-order valence-electron chi connectivity index (χ0n) is 17.4. The number of halogens is 5. The third kappa shape index (κ3) is 3.43. The lowest BCUT2D eigenvalue weighted by Crippen LogP contribution is -2.37. The largest absolute Gasteiger partial charge is 0.373 e. The van der Waals surface area contributed by atoms with Gasteiger partial charge in [0.05, 0.1) is 30.2 Å². The highest BCUT2D eigenvalue weighted by Crippen LogP contribution is 2.35. The number of carbonyl (C=O) groups excluding carboxylic acids is 1. The van der Waals surface area contributed by atoms with Crippen molar-refractivity contribution < 1.29 is 27.1 Å². The molecule has 2 aromatic heterocycles. The van der Waals surface area contributed by atoms with Gasteiger partial charge in [0.2, 0.25) is 0 Å². The van der Waals surface area contributed by atoms with E-state index in [9.17, 15) is 27.2 Å². The van der Waals surface area contributed by atoms with Gasteiger partial charge >= 0.3 is 6.55 Å². The Kier molecular flexibility index (Phi) is 5.33. The summed E-state index contributed by atoms with van der Waals surface area (Å²) in [5.74, 6) is -2.80. The molecule has 0 saturated heterocycles. The SMILES string of the molecule is CN(C(=O)c1ccc2c(c1)c(Cl)nn2C(F)F)C1COCc2[nH]c(=O)c3cc(F)c(F)cc3c21. The van der Waals surface area contributed by atoms with Crippen molar-refractivity contribution >= 4 is 39.2 Å². The quantitative estimate of drug-likeness (QED) is 0.424. The van der Waals surface area contributed by atoms with E-state index < -0.39 is 35.7 Å². The second kappa shape index (κ2) is 8.10. The number of nitrogens with one attached hydrogen (secondary N) is 1. The molecule has 2 aromatic carbocycles. The van der Waals surface area contributed by atoms with Gasteiger partial charge in [0, 0.05) is 29.3 Å². The Morgan fingerprint density at radius 1 is 1.21 bits per heavy atom. The number of ether oxygens (including phenoxy) is 1. The minimum absolute atomic E-state index is 0.0203. The van der Waals surface area contributed by atoms with Crippen LogP contribution in [0.25, 0.3) is 21.7 Å². The van der Waals surface area contributed by atoms with Crippen LogP contribution in [0.15, 0.2) is 35.1 Å². The van der Waals surface area contributed by atoms with Crippen LogP contribution in [0.4, 0.5) is 17.6 Å². The fourth-order valence-corrected chi connectivity index (χ4v) is 4.51. The molecule has 1 unspecified atom stereocenters. The lowest BCUT2D eigenvalue weighted by Gasteiger charge is -2.34. The first-order chi connectivity index (χ1) is 16.2. The maximum Gasteiger partial charge on any atom is 0.333 e. The Morgan fingerprint density at radius 3 is 2.62 bits per heavy atom. The van der Waals surface area contributed by atoms with Crippen LogP contribution >= 0.6 is 11.6 Å². The van der Waals surface area contributed by atoms with Gasteiger partial charge in [-0.3, -0.25) is 9.59 Å². The fraction of sp³-hybridized carbons (Fsp3) is 0.227. The maximum atomic E-state index is 14.1. The molecular weight excluding hydrogens is 480 g/mol. The summed E-state index contributed by atoms with van der Waals surface area (Å²) in [6, 6.07) is 5.03. The number of aromatic amines is 1. The van der Waals surface area contributed by atoms with Gasteiger partial charge in [-0.25, -0.2) is 13.5 Å². The van der Waals surface area contributed by atoms with E-state index in [0.717, 1.165) is 12.1 Å². The van der Waals surface area contributed by atoms with Gasteiger partial charge in [-0.05, 0) is 35.7 Å². The predicted octanol–water partition coefficient (Wildman–Crippen LogP) is 4.55. The Balaban J connectivity index is 1.59. The summed E-state index contributed by atoms with van der Waals surface area (Å²) in [6.07, 6.45) is 0. The number of H-pyrrole nitrogens is 1. The number of hydrogen-bond acceptors (Lipinski definition) is 4. The van der Waals surface area contributed by atoms with Gasteiger partial charge < -0.3 is 14.6 Å². The van der Waals surface area contributed by atoms with E-state index in [-0.39, 0.29) is 45.6 Å². The molecule has 1 aliphatic heterocycles. The zero-order chi connectivity index (χ0) is 24.3. The van der Waals surface area contributed by atoms with Crippen molar-refractivity contribution in [2.75, 3.05) is 13.7 Å². The van der Waals surface area contributed by atoms with Crippen molar-refractivity contribution in [1.29, 1.82) is 0 Å². The number of rotatable bonds is 3. The van der Waals surface area contributed by atoms with Gasteiger partial charge in [0.1, 0.15) is 0 Å². The van der Waals surface area contributed by atoms with Crippen LogP contribution in [0.5, 0.6) is 0 Å². The van der Waals surface area contributed by atoms with Crippen LogP contribution in [-0.2, 0) is 11.3 Å². The van der Waals surface area contributed by atoms with E-state index in [4.69, 9.17) is 16.3 Å². The van der Waals surface area contributed by atoms with Crippen LogP contribution in [0.2, 0.25) is 5.15 Å². The molecule has 7 nitrogen and oxygen atoms in total. The number of alkyl halides is 2. The molecular formula is C22H15ClF4N4O3. The Labute approximate surface area is 193 Å². The van der Waals surface area contributed by atoms with E-state index in [1.807, 2.05) is 0 Å². The molecule has 1 aliphatic rings. The summed E-state index contributed by atoms with van der Waals surface area (Å²) in [5, 5.41) is 3.70. The fourth-order valence-electron chi connectivity index (χ4n) is 4.28. The van der Waals surface area contributed by atoms with Crippen molar-refractivity contribution in [1.82, 2.24) is 19.7 Å². The summed E-state index contributed by atoms with van der Waals surface area (Å²) < 4.78 is 60.2. The Morgan fingerprint density at radius 2 is 1.91 bits per heavy atom. The van der Waals surface area contributed by atoms with Crippen molar-refractivity contribution in [2.24, 2.45) is 0 Å². The van der Waals surface area contributed by atoms with Crippen LogP contribution < -0.4 is 5.56 Å². The second-order valence-electron chi connectivity index (χ2n) is 7.85. The third-order valence-electron chi connectivity index (χ3n) is 5.92. The summed E-state index contributed by atoms with van der Waals surface area (Å²) in [4.78, 5) is 29.7. The van der Waals surface area contributed by atoms with E-state index in [0.29, 0.717) is 15.9 Å². The van der Waals surface area contributed by atoms with E-state index in [1.165, 1.54) is 30.1 Å². The van der Waals surface area contributed by atoms with Crippen molar-refractivity contribution in [3.8, 4) is 0 Å². The number of likely N-dealkylation sites (N-methyl/N-ethyl adjacent to an activating group) is 1. The highest BCUT2D eigenvalue weighted by Gasteiger charge is 2.32. The van der Waals surface area contributed by atoms with Gasteiger partial charge in [-0.1, -0.05) is 11.6 Å². The molecule has 0 fully saturated rings. The first-order valence-electron chi connectivity index (χ1n) is 10.0. The highest BCUT2D eigenvalue weighted by atomic mass is 35.5. The molecule has 0 bridgehead atoms. The molecule has 12 heteroatoms. The molecule has 0 aliphatic carbocycles. The van der Waals surface area contributed by atoms with E-state index in [2.05, 4.69) is 10.1 Å². The number of aromatic nitrogens is 3. The van der Waals surface area contributed by atoms with E-state index >= 15 is 0 Å². The van der Waals surface area contributed by atoms with Crippen molar-refractivity contribution in [3.63, 3.8) is 0 Å². The molecule has 5 rings (SSSR count). The summed E-state index contributed by atoms with van der Waals surface area (Å²) in [7, 11) is 1.48. The van der Waals surface area contributed by atoms with Crippen LogP contribution in [0, 0.1) is 11.6 Å². The Hall–Kier alpha value is -3.44. The second-order valence-corrected chi connectivity index (χ2v) is 8.21. The minimum Gasteiger partial charge on any atom is -0.373 e. The van der Waals surface area contributed by atoms with Crippen LogP contribution in [0.1, 0.15) is 34.2 Å². The minimum atomic E-state index is -2.91. The molecule has 3 heterocycles. The smallest absolute Gasteiger partial charge is 0.333 e. The number of pyridine rings is 1. The summed E-state index contributed by atoms with van der Waals surface area (Å²) >= 11 is 5.99. The standard InChI is InChI=1S/C22H15ClF4N4O3/c1-30(21(33)9-2-3-16-12(4-9)19(23)29-31(16)22(26)27)17-8-34-7-15-18(17)10-5-13(24)14(25)6-11(10)20(32)28-15/h2-6,17,22H,7-8H2,1H3,(H,28,32). The lowest BCUT2D eigenvalue weighted by molar-refractivity contribution is 0.0336. The number of benzene rings is 2. The predicted molar refractivity (Wildman–Crippen MR) is 115 cm³/mol. The lowest BCUT2D eigenvalue weighted by atomic mass is 9.95. The van der Waals surface area contributed by atoms with E-state index in [1.54, 1.807) is 0 Å². The van der Waals surface area contributed by atoms with Crippen LogP contribution in [0.3, 0.4) is 0 Å². The first kappa shape index (κ1) is 22.4.